The van der Waals surface area contributed by atoms with E-state index in [1.165, 1.54) is 16.5 Å². The van der Waals surface area contributed by atoms with Gasteiger partial charge in [-0.3, -0.25) is 4.79 Å². The van der Waals surface area contributed by atoms with E-state index in [2.05, 4.69) is 50.7 Å². The van der Waals surface area contributed by atoms with E-state index in [-0.39, 0.29) is 11.8 Å². The Kier molecular flexibility index (Phi) is 5.23. The Morgan fingerprint density at radius 3 is 2.48 bits per heavy atom. The number of nitrogens with one attached hydrogen (secondary N) is 3. The first kappa shape index (κ1) is 19.1. The number of hydrogen-bond acceptors (Lipinski definition) is 2. The largest absolute Gasteiger partial charge is 0.361 e. The minimum atomic E-state index is 0.0289. The quantitative estimate of drug-likeness (QED) is 0.357. The van der Waals surface area contributed by atoms with E-state index in [1.807, 2.05) is 54.6 Å². The molecule has 1 unspecified atom stereocenters. The fourth-order valence-corrected chi connectivity index (χ4v) is 4.14. The van der Waals surface area contributed by atoms with Gasteiger partial charge in [-0.2, -0.15) is 0 Å². The first-order valence-corrected chi connectivity index (χ1v) is 10.6. The van der Waals surface area contributed by atoms with Crippen molar-refractivity contribution < 1.29 is 4.79 Å². The predicted molar refractivity (Wildman–Crippen MR) is 124 cm³/mol. The number of aryl methyl sites for hydroxylation is 1. The molecule has 5 aromatic rings. The Bertz CT molecular complexity index is 1290. The molecule has 1 atom stereocenters. The van der Waals surface area contributed by atoms with E-state index in [4.69, 9.17) is 0 Å². The van der Waals surface area contributed by atoms with Crippen molar-refractivity contribution in [3.05, 3.63) is 102 Å². The van der Waals surface area contributed by atoms with Crippen LogP contribution in [0.3, 0.4) is 0 Å². The summed E-state index contributed by atoms with van der Waals surface area (Å²) < 4.78 is 0. The summed E-state index contributed by atoms with van der Waals surface area (Å²) in [5.74, 6) is 0.946. The van der Waals surface area contributed by atoms with Crippen LogP contribution in [0.15, 0.2) is 85.1 Å². The minimum Gasteiger partial charge on any atom is -0.361 e. The molecule has 0 aliphatic heterocycles. The summed E-state index contributed by atoms with van der Waals surface area (Å²) in [4.78, 5) is 23.9. The summed E-state index contributed by atoms with van der Waals surface area (Å²) in [5.41, 5.74) is 5.42. The van der Waals surface area contributed by atoms with E-state index in [1.54, 1.807) is 0 Å². The summed E-state index contributed by atoms with van der Waals surface area (Å²) in [6.07, 6.45) is 3.04. The highest BCUT2D eigenvalue weighted by molar-refractivity contribution is 5.84. The molecule has 0 saturated heterocycles. The number of hydrogen-bond donors (Lipinski definition) is 3. The molecular formula is C26H24N4O. The van der Waals surface area contributed by atoms with Gasteiger partial charge in [-0.25, -0.2) is 4.98 Å². The second-order valence-corrected chi connectivity index (χ2v) is 7.76. The SMILES string of the molecule is O=C(CCc1nc2ccccc2[nH]1)NCC(c1ccccc1)c1c[nH]c2ccccc12. The molecule has 5 rings (SSSR count). The molecule has 154 valence electrons. The van der Waals surface area contributed by atoms with Crippen LogP contribution in [0.1, 0.15) is 29.3 Å². The summed E-state index contributed by atoms with van der Waals surface area (Å²) in [5, 5.41) is 4.33. The Hall–Kier alpha value is -3.86. The number of rotatable bonds is 7. The molecule has 0 radical (unpaired) electrons. The van der Waals surface area contributed by atoms with Gasteiger partial charge in [0.1, 0.15) is 5.82 Å². The highest BCUT2D eigenvalue weighted by Crippen LogP contribution is 2.30. The molecule has 1 amide bonds. The van der Waals surface area contributed by atoms with E-state index in [0.29, 0.717) is 19.4 Å². The number of carbonyl (C=O) groups excluding carboxylic acids is 1. The zero-order chi connectivity index (χ0) is 21.0. The lowest BCUT2D eigenvalue weighted by Gasteiger charge is -2.18. The number of aromatic nitrogens is 3. The third-order valence-corrected chi connectivity index (χ3v) is 5.73. The standard InChI is InChI=1S/C26H24N4O/c31-26(15-14-25-29-23-12-6-7-13-24(23)30-25)28-16-20(18-8-2-1-3-9-18)21-17-27-22-11-5-4-10-19(21)22/h1-13,17,20,27H,14-16H2,(H,28,31)(H,29,30). The molecule has 0 aliphatic carbocycles. The summed E-state index contributed by atoms with van der Waals surface area (Å²) in [6.45, 7) is 0.546. The van der Waals surface area contributed by atoms with Crippen LogP contribution in [-0.4, -0.2) is 27.4 Å². The molecule has 2 aromatic heterocycles. The van der Waals surface area contributed by atoms with Crippen LogP contribution in [0.4, 0.5) is 0 Å². The second kappa shape index (κ2) is 8.48. The molecule has 31 heavy (non-hydrogen) atoms. The lowest BCUT2D eigenvalue weighted by atomic mass is 9.91. The number of fused-ring (bicyclic) bond motifs is 2. The van der Waals surface area contributed by atoms with Crippen LogP contribution in [0.25, 0.3) is 21.9 Å². The fraction of sp³-hybridized carbons (Fsp3) is 0.154. The number of aromatic amines is 2. The molecule has 0 fully saturated rings. The highest BCUT2D eigenvalue weighted by Gasteiger charge is 2.19. The normalized spacial score (nSPS) is 12.3. The van der Waals surface area contributed by atoms with Crippen molar-refractivity contribution in [3.8, 4) is 0 Å². The molecular weight excluding hydrogens is 384 g/mol. The Labute approximate surface area is 180 Å². The summed E-state index contributed by atoms with van der Waals surface area (Å²) in [7, 11) is 0. The van der Waals surface area contributed by atoms with Crippen molar-refractivity contribution in [3.63, 3.8) is 0 Å². The van der Waals surface area contributed by atoms with E-state index in [9.17, 15) is 4.79 Å². The van der Waals surface area contributed by atoms with Gasteiger partial charge in [-0.1, -0.05) is 60.7 Å². The molecule has 2 heterocycles. The number of nitrogens with zero attached hydrogens (tertiary/aromatic N) is 1. The zero-order valence-electron chi connectivity index (χ0n) is 17.1. The van der Waals surface area contributed by atoms with Crippen molar-refractivity contribution in [1.82, 2.24) is 20.3 Å². The van der Waals surface area contributed by atoms with E-state index >= 15 is 0 Å². The summed E-state index contributed by atoms with van der Waals surface area (Å²) in [6, 6.07) is 26.5. The number of benzene rings is 3. The van der Waals surface area contributed by atoms with Crippen molar-refractivity contribution in [1.29, 1.82) is 0 Å². The maximum absolute atomic E-state index is 12.6. The van der Waals surface area contributed by atoms with Gasteiger partial charge in [-0.15, -0.1) is 0 Å². The average molecular weight is 409 g/mol. The Morgan fingerprint density at radius 1 is 0.903 bits per heavy atom. The number of imidazole rings is 1. The van der Waals surface area contributed by atoms with Gasteiger partial charge in [0.2, 0.25) is 5.91 Å². The summed E-state index contributed by atoms with van der Waals surface area (Å²) >= 11 is 0. The number of H-pyrrole nitrogens is 2. The van der Waals surface area contributed by atoms with Gasteiger partial charge in [0.15, 0.2) is 0 Å². The zero-order valence-corrected chi connectivity index (χ0v) is 17.1. The molecule has 5 heteroatoms. The smallest absolute Gasteiger partial charge is 0.220 e. The van der Waals surface area contributed by atoms with Crippen LogP contribution in [-0.2, 0) is 11.2 Å². The van der Waals surface area contributed by atoms with Gasteiger partial charge in [0.25, 0.3) is 0 Å². The molecule has 3 N–H and O–H groups in total. The lowest BCUT2D eigenvalue weighted by molar-refractivity contribution is -0.121. The van der Waals surface area contributed by atoms with Crippen molar-refractivity contribution in [2.24, 2.45) is 0 Å². The molecule has 0 aliphatic rings. The van der Waals surface area contributed by atoms with Gasteiger partial charge < -0.3 is 15.3 Å². The predicted octanol–water partition coefficient (Wildman–Crippen LogP) is 4.93. The van der Waals surface area contributed by atoms with E-state index in [0.717, 1.165) is 22.4 Å². The third-order valence-electron chi connectivity index (χ3n) is 5.73. The van der Waals surface area contributed by atoms with Gasteiger partial charge in [0, 0.05) is 42.4 Å². The number of para-hydroxylation sites is 3. The minimum absolute atomic E-state index is 0.0289. The monoisotopic (exact) mass is 408 g/mol. The van der Waals surface area contributed by atoms with Crippen LogP contribution < -0.4 is 5.32 Å². The Morgan fingerprint density at radius 2 is 1.65 bits per heavy atom. The third kappa shape index (κ3) is 4.08. The maximum Gasteiger partial charge on any atom is 0.220 e. The molecule has 5 nitrogen and oxygen atoms in total. The lowest BCUT2D eigenvalue weighted by Crippen LogP contribution is -2.29. The average Bonchev–Trinajstić information content (AvgIpc) is 3.43. The second-order valence-electron chi connectivity index (χ2n) is 7.76. The van der Waals surface area contributed by atoms with Gasteiger partial charge >= 0.3 is 0 Å². The van der Waals surface area contributed by atoms with Crippen LogP contribution >= 0.6 is 0 Å². The van der Waals surface area contributed by atoms with Gasteiger partial charge in [0.05, 0.1) is 11.0 Å². The fourth-order valence-electron chi connectivity index (χ4n) is 4.14. The van der Waals surface area contributed by atoms with Gasteiger partial charge in [-0.05, 0) is 29.3 Å². The van der Waals surface area contributed by atoms with Crippen molar-refractivity contribution in [2.45, 2.75) is 18.8 Å². The van der Waals surface area contributed by atoms with E-state index < -0.39 is 0 Å². The number of carbonyl (C=O) groups is 1. The molecule has 0 spiro atoms. The van der Waals surface area contributed by atoms with Crippen LogP contribution in [0.2, 0.25) is 0 Å². The Balaban J connectivity index is 1.29. The maximum atomic E-state index is 12.6. The van der Waals surface area contributed by atoms with Crippen LogP contribution in [0, 0.1) is 0 Å². The van der Waals surface area contributed by atoms with Crippen molar-refractivity contribution in [2.75, 3.05) is 6.54 Å². The van der Waals surface area contributed by atoms with Crippen molar-refractivity contribution >= 4 is 27.8 Å². The first-order valence-electron chi connectivity index (χ1n) is 10.6. The number of amides is 1. The first-order chi connectivity index (χ1) is 15.3. The topological polar surface area (TPSA) is 73.6 Å². The highest BCUT2D eigenvalue weighted by atomic mass is 16.1. The van der Waals surface area contributed by atoms with Crippen LogP contribution in [0.5, 0.6) is 0 Å². The molecule has 0 saturated carbocycles. The molecule has 0 bridgehead atoms. The molecule has 3 aromatic carbocycles.